The Balaban J connectivity index is 2.47. The molecular weight excluding hydrogens is 242 g/mol. The van der Waals surface area contributed by atoms with E-state index in [2.05, 4.69) is 52.2 Å². The molecule has 3 nitrogen and oxygen atoms in total. The van der Waals surface area contributed by atoms with E-state index in [1.54, 1.807) is 0 Å². The van der Waals surface area contributed by atoms with Gasteiger partial charge in [0.25, 0.3) is 0 Å². The summed E-state index contributed by atoms with van der Waals surface area (Å²) in [6, 6.07) is 4.25. The SMILES string of the molecule is CC(C)CC(C)Nc1ccc(Br)nn1. The van der Waals surface area contributed by atoms with E-state index in [0.29, 0.717) is 12.0 Å². The topological polar surface area (TPSA) is 37.8 Å². The van der Waals surface area contributed by atoms with Crippen molar-refractivity contribution in [3.63, 3.8) is 0 Å². The van der Waals surface area contributed by atoms with Gasteiger partial charge in [-0.3, -0.25) is 0 Å². The van der Waals surface area contributed by atoms with Gasteiger partial charge < -0.3 is 5.32 Å². The minimum absolute atomic E-state index is 0.436. The Morgan fingerprint density at radius 3 is 2.50 bits per heavy atom. The first-order chi connectivity index (χ1) is 6.58. The van der Waals surface area contributed by atoms with Gasteiger partial charge in [-0.2, -0.15) is 0 Å². The number of aromatic nitrogens is 2. The van der Waals surface area contributed by atoms with Gasteiger partial charge in [-0.15, -0.1) is 10.2 Å². The molecule has 0 bridgehead atoms. The summed E-state index contributed by atoms with van der Waals surface area (Å²) in [7, 11) is 0. The molecule has 1 aromatic heterocycles. The fourth-order valence-corrected chi connectivity index (χ4v) is 1.62. The molecule has 0 amide bonds. The van der Waals surface area contributed by atoms with Gasteiger partial charge in [-0.1, -0.05) is 13.8 Å². The molecular formula is C10H16BrN3. The fraction of sp³-hybridized carbons (Fsp3) is 0.600. The van der Waals surface area contributed by atoms with Crippen LogP contribution < -0.4 is 5.32 Å². The van der Waals surface area contributed by atoms with E-state index < -0.39 is 0 Å². The maximum Gasteiger partial charge on any atom is 0.148 e. The third kappa shape index (κ3) is 4.05. The minimum atomic E-state index is 0.436. The third-order valence-corrected chi connectivity index (χ3v) is 2.27. The van der Waals surface area contributed by atoms with E-state index in [1.165, 1.54) is 0 Å². The second-order valence-corrected chi connectivity index (χ2v) is 4.73. The lowest BCUT2D eigenvalue weighted by Gasteiger charge is -2.15. The van der Waals surface area contributed by atoms with Gasteiger partial charge in [0.1, 0.15) is 10.4 Å². The summed E-state index contributed by atoms with van der Waals surface area (Å²) in [4.78, 5) is 0. The number of anilines is 1. The first-order valence-electron chi connectivity index (χ1n) is 4.83. The molecule has 0 radical (unpaired) electrons. The fourth-order valence-electron chi connectivity index (χ4n) is 1.41. The van der Waals surface area contributed by atoms with E-state index in [9.17, 15) is 0 Å². The maximum absolute atomic E-state index is 4.02. The monoisotopic (exact) mass is 257 g/mol. The summed E-state index contributed by atoms with van der Waals surface area (Å²) in [5, 5.41) is 11.2. The smallest absolute Gasteiger partial charge is 0.148 e. The van der Waals surface area contributed by atoms with Gasteiger partial charge in [0.15, 0.2) is 0 Å². The third-order valence-electron chi connectivity index (χ3n) is 1.85. The number of rotatable bonds is 4. The van der Waals surface area contributed by atoms with Crippen molar-refractivity contribution in [3.05, 3.63) is 16.7 Å². The average Bonchev–Trinajstić information content (AvgIpc) is 2.07. The highest BCUT2D eigenvalue weighted by atomic mass is 79.9. The van der Waals surface area contributed by atoms with Crippen LogP contribution in [0, 0.1) is 5.92 Å². The lowest BCUT2D eigenvalue weighted by molar-refractivity contribution is 0.538. The molecule has 0 aliphatic carbocycles. The van der Waals surface area contributed by atoms with Crippen molar-refractivity contribution < 1.29 is 0 Å². The Bertz CT molecular complexity index is 271. The van der Waals surface area contributed by atoms with Crippen LogP contribution in [0.2, 0.25) is 0 Å². The Kier molecular flexibility index (Phi) is 4.32. The highest BCUT2D eigenvalue weighted by molar-refractivity contribution is 9.10. The van der Waals surface area contributed by atoms with Crippen LogP contribution in [0.4, 0.5) is 5.82 Å². The molecule has 0 aliphatic heterocycles. The van der Waals surface area contributed by atoms with Gasteiger partial charge >= 0.3 is 0 Å². The van der Waals surface area contributed by atoms with Crippen molar-refractivity contribution in [2.24, 2.45) is 5.92 Å². The van der Waals surface area contributed by atoms with Crippen LogP contribution in [0.25, 0.3) is 0 Å². The van der Waals surface area contributed by atoms with E-state index in [1.807, 2.05) is 12.1 Å². The molecule has 0 spiro atoms. The Morgan fingerprint density at radius 1 is 1.29 bits per heavy atom. The molecule has 1 rings (SSSR count). The van der Waals surface area contributed by atoms with Crippen molar-refractivity contribution in [1.29, 1.82) is 0 Å². The Hall–Kier alpha value is -0.640. The Morgan fingerprint density at radius 2 is 2.00 bits per heavy atom. The molecule has 0 saturated heterocycles. The van der Waals surface area contributed by atoms with Crippen molar-refractivity contribution >= 4 is 21.7 Å². The van der Waals surface area contributed by atoms with Crippen LogP contribution in [0.1, 0.15) is 27.2 Å². The molecule has 1 atom stereocenters. The van der Waals surface area contributed by atoms with Crippen molar-refractivity contribution in [3.8, 4) is 0 Å². The van der Waals surface area contributed by atoms with Crippen LogP contribution >= 0.6 is 15.9 Å². The quantitative estimate of drug-likeness (QED) is 0.901. The lowest BCUT2D eigenvalue weighted by Crippen LogP contribution is -2.18. The largest absolute Gasteiger partial charge is 0.366 e. The van der Waals surface area contributed by atoms with Gasteiger partial charge in [-0.25, -0.2) is 0 Å². The van der Waals surface area contributed by atoms with Gasteiger partial charge in [0.05, 0.1) is 0 Å². The summed E-state index contributed by atoms with van der Waals surface area (Å²) >= 11 is 3.25. The summed E-state index contributed by atoms with van der Waals surface area (Å²) in [5.74, 6) is 1.53. The molecule has 0 aliphatic rings. The zero-order chi connectivity index (χ0) is 10.6. The molecule has 1 aromatic rings. The summed E-state index contributed by atoms with van der Waals surface area (Å²) in [6.45, 7) is 6.58. The minimum Gasteiger partial charge on any atom is -0.366 e. The molecule has 0 aromatic carbocycles. The zero-order valence-corrected chi connectivity index (χ0v) is 10.4. The molecule has 4 heteroatoms. The molecule has 14 heavy (non-hydrogen) atoms. The van der Waals surface area contributed by atoms with E-state index in [0.717, 1.165) is 16.8 Å². The molecule has 1 N–H and O–H groups in total. The first kappa shape index (κ1) is 11.4. The maximum atomic E-state index is 4.02. The van der Waals surface area contributed by atoms with Crippen LogP contribution in [0.15, 0.2) is 16.7 Å². The summed E-state index contributed by atoms with van der Waals surface area (Å²) in [5.41, 5.74) is 0. The van der Waals surface area contributed by atoms with E-state index in [4.69, 9.17) is 0 Å². The van der Waals surface area contributed by atoms with Gasteiger partial charge in [0.2, 0.25) is 0 Å². The number of nitrogens with one attached hydrogen (secondary N) is 1. The number of hydrogen-bond donors (Lipinski definition) is 1. The molecule has 0 saturated carbocycles. The first-order valence-corrected chi connectivity index (χ1v) is 5.63. The average molecular weight is 258 g/mol. The molecule has 1 unspecified atom stereocenters. The molecule has 0 fully saturated rings. The van der Waals surface area contributed by atoms with Gasteiger partial charge in [0, 0.05) is 6.04 Å². The van der Waals surface area contributed by atoms with E-state index in [-0.39, 0.29) is 0 Å². The van der Waals surface area contributed by atoms with Crippen molar-refractivity contribution in [2.45, 2.75) is 33.2 Å². The number of halogens is 1. The standard InChI is InChI=1S/C10H16BrN3/c1-7(2)6-8(3)12-10-5-4-9(11)13-14-10/h4-5,7-8H,6H2,1-3H3,(H,12,14). The zero-order valence-electron chi connectivity index (χ0n) is 8.79. The number of hydrogen-bond acceptors (Lipinski definition) is 3. The lowest BCUT2D eigenvalue weighted by atomic mass is 10.1. The summed E-state index contributed by atoms with van der Waals surface area (Å²) < 4.78 is 0.763. The van der Waals surface area contributed by atoms with Crippen molar-refractivity contribution in [1.82, 2.24) is 10.2 Å². The van der Waals surface area contributed by atoms with Gasteiger partial charge in [-0.05, 0) is 47.3 Å². The predicted molar refractivity (Wildman–Crippen MR) is 62.3 cm³/mol. The van der Waals surface area contributed by atoms with Crippen LogP contribution in [0.3, 0.4) is 0 Å². The highest BCUT2D eigenvalue weighted by Gasteiger charge is 2.05. The van der Waals surface area contributed by atoms with E-state index >= 15 is 0 Å². The normalized spacial score (nSPS) is 12.9. The number of nitrogens with zero attached hydrogens (tertiary/aromatic N) is 2. The van der Waals surface area contributed by atoms with Crippen LogP contribution in [-0.4, -0.2) is 16.2 Å². The Labute approximate surface area is 93.4 Å². The summed E-state index contributed by atoms with van der Waals surface area (Å²) in [6.07, 6.45) is 1.14. The molecule has 1 heterocycles. The van der Waals surface area contributed by atoms with Crippen LogP contribution in [-0.2, 0) is 0 Å². The van der Waals surface area contributed by atoms with Crippen LogP contribution in [0.5, 0.6) is 0 Å². The second kappa shape index (κ2) is 5.29. The highest BCUT2D eigenvalue weighted by Crippen LogP contribution is 2.11. The molecule has 78 valence electrons. The van der Waals surface area contributed by atoms with Crippen molar-refractivity contribution in [2.75, 3.05) is 5.32 Å². The predicted octanol–water partition coefficient (Wildman–Crippen LogP) is 3.09. The second-order valence-electron chi connectivity index (χ2n) is 3.92.